The van der Waals surface area contributed by atoms with Crippen molar-refractivity contribution in [3.05, 3.63) is 12.2 Å². The van der Waals surface area contributed by atoms with Crippen LogP contribution in [0.25, 0.3) is 0 Å². The van der Waals surface area contributed by atoms with E-state index < -0.39 is 0 Å². The summed E-state index contributed by atoms with van der Waals surface area (Å²) in [5.41, 5.74) is 0. The number of aryl methyl sites for hydroxylation is 1. The number of hydrogen-bond donors (Lipinski definition) is 2. The van der Waals surface area contributed by atoms with E-state index in [2.05, 4.69) is 46.2 Å². The third kappa shape index (κ3) is 8.59. The Hall–Kier alpha value is -1.63. The average Bonchev–Trinajstić information content (AvgIpc) is 3.17. The van der Waals surface area contributed by atoms with E-state index >= 15 is 0 Å². The Morgan fingerprint density at radius 1 is 1.32 bits per heavy atom. The molecule has 2 rings (SSSR count). The van der Waals surface area contributed by atoms with Gasteiger partial charge in [0.05, 0.1) is 12.6 Å². The van der Waals surface area contributed by atoms with Crippen LogP contribution in [0.4, 0.5) is 0 Å². The van der Waals surface area contributed by atoms with Crippen molar-refractivity contribution < 1.29 is 4.74 Å². The first-order valence-corrected chi connectivity index (χ1v) is 11.3. The quantitative estimate of drug-likeness (QED) is 0.324. The second-order valence-corrected chi connectivity index (χ2v) is 7.79. The van der Waals surface area contributed by atoms with Crippen molar-refractivity contribution in [2.24, 2.45) is 4.99 Å². The van der Waals surface area contributed by atoms with E-state index in [1.54, 1.807) is 6.33 Å². The van der Waals surface area contributed by atoms with Crippen molar-refractivity contribution in [2.45, 2.75) is 97.2 Å². The number of hydrogen-bond acceptors (Lipinski definition) is 4. The number of aliphatic imine (C=N–C) groups is 1. The number of ether oxygens (including phenoxy) is 1. The molecule has 0 saturated carbocycles. The Kier molecular flexibility index (Phi) is 10.9. The van der Waals surface area contributed by atoms with Gasteiger partial charge in [-0.15, -0.1) is 10.2 Å². The van der Waals surface area contributed by atoms with E-state index in [0.29, 0.717) is 6.04 Å². The minimum absolute atomic E-state index is 0.261. The van der Waals surface area contributed by atoms with Gasteiger partial charge in [0.25, 0.3) is 0 Å². The van der Waals surface area contributed by atoms with Gasteiger partial charge in [0.15, 0.2) is 5.96 Å². The maximum absolute atomic E-state index is 5.84. The molecule has 0 aromatic carbocycles. The standard InChI is InChI=1S/C21H40N6O/c1-4-6-7-8-11-18(3)25-21(23-16-19-12-9-10-15-28-19)22-13-14-27-17-24-26-20(27)5-2/h17-19H,4-16H2,1-3H3,(H2,22,23,25). The Morgan fingerprint density at radius 2 is 2.21 bits per heavy atom. The number of unbranched alkanes of at least 4 members (excludes halogenated alkanes) is 3. The molecule has 0 radical (unpaired) electrons. The highest BCUT2D eigenvalue weighted by Gasteiger charge is 2.14. The zero-order valence-corrected chi connectivity index (χ0v) is 18.1. The van der Waals surface area contributed by atoms with Gasteiger partial charge >= 0.3 is 0 Å². The molecular weight excluding hydrogens is 352 g/mol. The molecule has 7 heteroatoms. The van der Waals surface area contributed by atoms with Crippen LogP contribution in [0.15, 0.2) is 11.3 Å². The second-order valence-electron chi connectivity index (χ2n) is 7.79. The highest BCUT2D eigenvalue weighted by Crippen LogP contribution is 2.12. The van der Waals surface area contributed by atoms with E-state index in [1.807, 2.05) is 0 Å². The average molecular weight is 393 g/mol. The summed E-state index contributed by atoms with van der Waals surface area (Å²) in [4.78, 5) is 4.82. The molecule has 2 unspecified atom stereocenters. The van der Waals surface area contributed by atoms with Crippen molar-refractivity contribution in [2.75, 3.05) is 19.7 Å². The van der Waals surface area contributed by atoms with Crippen LogP contribution in [-0.4, -0.2) is 52.6 Å². The summed E-state index contributed by atoms with van der Waals surface area (Å²) in [6.07, 6.45) is 12.9. The summed E-state index contributed by atoms with van der Waals surface area (Å²) >= 11 is 0. The molecule has 1 aromatic heterocycles. The molecule has 2 N–H and O–H groups in total. The van der Waals surface area contributed by atoms with Crippen molar-refractivity contribution in [1.82, 2.24) is 25.4 Å². The van der Waals surface area contributed by atoms with E-state index in [4.69, 9.17) is 9.73 Å². The minimum Gasteiger partial charge on any atom is -0.376 e. The molecule has 2 atom stereocenters. The third-order valence-corrected chi connectivity index (χ3v) is 5.26. The summed E-state index contributed by atoms with van der Waals surface area (Å²) in [5, 5.41) is 15.2. The van der Waals surface area contributed by atoms with Crippen LogP contribution in [0.1, 0.15) is 78.0 Å². The largest absolute Gasteiger partial charge is 0.376 e. The Morgan fingerprint density at radius 3 is 2.96 bits per heavy atom. The number of guanidine groups is 1. The lowest BCUT2D eigenvalue weighted by atomic mass is 10.1. The molecule has 0 amide bonds. The molecule has 0 aliphatic carbocycles. The lowest BCUT2D eigenvalue weighted by molar-refractivity contribution is 0.0224. The molecule has 1 aliphatic heterocycles. The molecule has 0 spiro atoms. The van der Waals surface area contributed by atoms with Gasteiger partial charge < -0.3 is 19.9 Å². The fraction of sp³-hybridized carbons (Fsp3) is 0.857. The number of nitrogens with zero attached hydrogens (tertiary/aromatic N) is 4. The van der Waals surface area contributed by atoms with Crippen LogP contribution in [0.3, 0.4) is 0 Å². The molecular formula is C21H40N6O. The van der Waals surface area contributed by atoms with Gasteiger partial charge in [-0.3, -0.25) is 4.99 Å². The molecule has 1 saturated heterocycles. The van der Waals surface area contributed by atoms with E-state index in [1.165, 1.54) is 44.9 Å². The number of rotatable bonds is 12. The van der Waals surface area contributed by atoms with Crippen molar-refractivity contribution in [3.8, 4) is 0 Å². The lowest BCUT2D eigenvalue weighted by Crippen LogP contribution is -2.44. The monoisotopic (exact) mass is 392 g/mol. The van der Waals surface area contributed by atoms with Crippen LogP contribution >= 0.6 is 0 Å². The molecule has 1 aliphatic rings. The van der Waals surface area contributed by atoms with Crippen LogP contribution in [0, 0.1) is 0 Å². The first kappa shape index (κ1) is 22.7. The molecule has 1 aromatic rings. The maximum atomic E-state index is 5.84. The molecule has 28 heavy (non-hydrogen) atoms. The van der Waals surface area contributed by atoms with Gasteiger partial charge in [0, 0.05) is 32.2 Å². The zero-order valence-electron chi connectivity index (χ0n) is 18.1. The van der Waals surface area contributed by atoms with Crippen LogP contribution in [0.5, 0.6) is 0 Å². The maximum Gasteiger partial charge on any atom is 0.191 e. The summed E-state index contributed by atoms with van der Waals surface area (Å²) < 4.78 is 7.94. The van der Waals surface area contributed by atoms with Gasteiger partial charge in [0.1, 0.15) is 12.2 Å². The molecule has 2 heterocycles. The smallest absolute Gasteiger partial charge is 0.191 e. The first-order valence-electron chi connectivity index (χ1n) is 11.3. The zero-order chi connectivity index (χ0) is 20.0. The van der Waals surface area contributed by atoms with Crippen LogP contribution < -0.4 is 10.6 Å². The normalized spacial score (nSPS) is 18.8. The van der Waals surface area contributed by atoms with Crippen LogP contribution in [0.2, 0.25) is 0 Å². The molecule has 7 nitrogen and oxygen atoms in total. The van der Waals surface area contributed by atoms with E-state index in [9.17, 15) is 0 Å². The highest BCUT2D eigenvalue weighted by atomic mass is 16.5. The predicted molar refractivity (Wildman–Crippen MR) is 115 cm³/mol. The Labute approximate surface area is 170 Å². The van der Waals surface area contributed by atoms with E-state index in [-0.39, 0.29) is 6.10 Å². The minimum atomic E-state index is 0.261. The summed E-state index contributed by atoms with van der Waals surface area (Å²) in [6, 6.07) is 0.413. The fourth-order valence-corrected chi connectivity index (χ4v) is 3.51. The van der Waals surface area contributed by atoms with Gasteiger partial charge in [0.2, 0.25) is 0 Å². The molecule has 0 bridgehead atoms. The topological polar surface area (TPSA) is 76.4 Å². The summed E-state index contributed by atoms with van der Waals surface area (Å²) in [7, 11) is 0. The summed E-state index contributed by atoms with van der Waals surface area (Å²) in [6.45, 7) is 9.83. The lowest BCUT2D eigenvalue weighted by Gasteiger charge is -2.23. The van der Waals surface area contributed by atoms with Gasteiger partial charge in [-0.1, -0.05) is 39.5 Å². The number of nitrogens with one attached hydrogen (secondary N) is 2. The summed E-state index contributed by atoms with van der Waals surface area (Å²) in [5.74, 6) is 1.91. The first-order chi connectivity index (χ1) is 13.7. The second kappa shape index (κ2) is 13.5. The fourth-order valence-electron chi connectivity index (χ4n) is 3.51. The number of aromatic nitrogens is 3. The van der Waals surface area contributed by atoms with Crippen molar-refractivity contribution in [3.63, 3.8) is 0 Å². The van der Waals surface area contributed by atoms with Crippen molar-refractivity contribution >= 4 is 5.96 Å². The van der Waals surface area contributed by atoms with Gasteiger partial charge in [-0.05, 0) is 32.6 Å². The van der Waals surface area contributed by atoms with Gasteiger partial charge in [-0.2, -0.15) is 0 Å². The third-order valence-electron chi connectivity index (χ3n) is 5.26. The molecule has 1 fully saturated rings. The van der Waals surface area contributed by atoms with Crippen molar-refractivity contribution in [1.29, 1.82) is 0 Å². The van der Waals surface area contributed by atoms with Gasteiger partial charge in [-0.25, -0.2) is 0 Å². The van der Waals surface area contributed by atoms with E-state index in [0.717, 1.165) is 50.9 Å². The predicted octanol–water partition coefficient (Wildman–Crippen LogP) is 3.30. The Bertz CT molecular complexity index is 553. The SMILES string of the molecule is CCCCCCC(C)NC(=NCC1CCCCO1)NCCn1cnnc1CC. The van der Waals surface area contributed by atoms with Crippen LogP contribution in [-0.2, 0) is 17.7 Å². The highest BCUT2D eigenvalue weighted by molar-refractivity contribution is 5.80. The molecule has 160 valence electrons. The Balaban J connectivity index is 1.83.